The third-order valence-corrected chi connectivity index (χ3v) is 7.10. The molecule has 4 rings (SSSR count). The summed E-state index contributed by atoms with van der Waals surface area (Å²) in [6.07, 6.45) is 0.475. The van der Waals surface area contributed by atoms with Crippen molar-refractivity contribution >= 4 is 18.0 Å². The Bertz CT molecular complexity index is 1040. The number of benzene rings is 2. The Hall–Kier alpha value is -3.39. The first-order chi connectivity index (χ1) is 16.9. The minimum absolute atomic E-state index is 0.0716. The summed E-state index contributed by atoms with van der Waals surface area (Å²) in [4.78, 5) is 36.3. The number of alkyl carbamates (subject to hydrolysis) is 1. The van der Waals surface area contributed by atoms with E-state index >= 15 is 0 Å². The fourth-order valence-corrected chi connectivity index (χ4v) is 5.11. The third-order valence-electron chi connectivity index (χ3n) is 7.10. The van der Waals surface area contributed by atoms with Gasteiger partial charge in [0, 0.05) is 26.0 Å². The number of methoxy groups -OCH3 is 1. The second kappa shape index (κ2) is 10.9. The quantitative estimate of drug-likeness (QED) is 0.479. The molecule has 0 aromatic heterocycles. The largest absolute Gasteiger partial charge is 0.481 e. The van der Waals surface area contributed by atoms with E-state index in [1.54, 1.807) is 6.92 Å². The summed E-state index contributed by atoms with van der Waals surface area (Å²) >= 11 is 0. The molecule has 0 heterocycles. The molecule has 35 heavy (non-hydrogen) atoms. The molecular weight excluding hydrogens is 448 g/mol. The molecule has 0 unspecified atom stereocenters. The van der Waals surface area contributed by atoms with Gasteiger partial charge in [-0.3, -0.25) is 9.59 Å². The first kappa shape index (κ1) is 24.7. The predicted molar refractivity (Wildman–Crippen MR) is 130 cm³/mol. The average molecular weight is 481 g/mol. The first-order valence-corrected chi connectivity index (χ1v) is 12.0. The van der Waals surface area contributed by atoms with Gasteiger partial charge < -0.3 is 25.2 Å². The van der Waals surface area contributed by atoms with Gasteiger partial charge in [0.1, 0.15) is 12.6 Å². The van der Waals surface area contributed by atoms with Crippen molar-refractivity contribution in [1.82, 2.24) is 10.6 Å². The number of carboxylic acid groups (broad SMARTS) is 1. The molecule has 0 spiro atoms. The van der Waals surface area contributed by atoms with Gasteiger partial charge in [-0.15, -0.1) is 0 Å². The standard InChI is InChI=1S/C27H32N2O6/c1-16(34-2)25(26(32)28-14-18-11-17(12-18)13-24(30)31)29-27(33)35-15-23-21-9-5-3-7-19(21)20-8-4-6-10-22(20)23/h3-10,16-18,23,25H,11-15H2,1-2H3,(H,28,32)(H,29,33)(H,30,31)/t16-,17?,18?,25+/m1/s1. The predicted octanol–water partition coefficient (Wildman–Crippen LogP) is 3.55. The van der Waals surface area contributed by atoms with Gasteiger partial charge in [-0.2, -0.15) is 0 Å². The van der Waals surface area contributed by atoms with Crippen molar-refractivity contribution in [2.45, 2.75) is 44.2 Å². The lowest BCUT2D eigenvalue weighted by Crippen LogP contribution is -2.54. The molecular formula is C27H32N2O6. The zero-order chi connectivity index (χ0) is 24.9. The fraction of sp³-hybridized carbons (Fsp3) is 0.444. The topological polar surface area (TPSA) is 114 Å². The van der Waals surface area contributed by atoms with Crippen molar-refractivity contribution in [3.8, 4) is 11.1 Å². The van der Waals surface area contributed by atoms with Gasteiger partial charge in [0.15, 0.2) is 0 Å². The molecule has 1 saturated carbocycles. The molecule has 2 aliphatic carbocycles. The van der Waals surface area contributed by atoms with Crippen LogP contribution < -0.4 is 10.6 Å². The van der Waals surface area contributed by atoms with Crippen LogP contribution in [-0.4, -0.2) is 55.5 Å². The maximum absolute atomic E-state index is 12.8. The van der Waals surface area contributed by atoms with Crippen molar-refractivity contribution in [2.24, 2.45) is 11.8 Å². The van der Waals surface area contributed by atoms with Crippen LogP contribution >= 0.6 is 0 Å². The van der Waals surface area contributed by atoms with E-state index in [1.165, 1.54) is 7.11 Å². The highest BCUT2D eigenvalue weighted by molar-refractivity contribution is 5.86. The number of hydrogen-bond acceptors (Lipinski definition) is 5. The van der Waals surface area contributed by atoms with Crippen molar-refractivity contribution < 1.29 is 29.0 Å². The second-order valence-corrected chi connectivity index (χ2v) is 9.43. The molecule has 0 saturated heterocycles. The number of amides is 2. The zero-order valence-electron chi connectivity index (χ0n) is 20.0. The Kier molecular flexibility index (Phi) is 7.70. The number of carbonyl (C=O) groups is 3. The number of nitrogens with one attached hydrogen (secondary N) is 2. The summed E-state index contributed by atoms with van der Waals surface area (Å²) in [6.45, 7) is 2.30. The normalized spacial score (nSPS) is 20.1. The summed E-state index contributed by atoms with van der Waals surface area (Å²) in [7, 11) is 1.48. The van der Waals surface area contributed by atoms with Crippen LogP contribution in [0.3, 0.4) is 0 Å². The number of ether oxygens (including phenoxy) is 2. The molecule has 2 aromatic rings. The number of carboxylic acids is 1. The molecule has 1 fully saturated rings. The van der Waals surface area contributed by atoms with Crippen LogP contribution in [-0.2, 0) is 19.1 Å². The summed E-state index contributed by atoms with van der Waals surface area (Å²) in [5.41, 5.74) is 4.51. The number of hydrogen-bond donors (Lipinski definition) is 3. The Morgan fingerprint density at radius 2 is 1.60 bits per heavy atom. The average Bonchev–Trinajstić information content (AvgIpc) is 3.15. The molecule has 0 radical (unpaired) electrons. The lowest BCUT2D eigenvalue weighted by atomic mass is 9.73. The van der Waals surface area contributed by atoms with Crippen molar-refractivity contribution in [2.75, 3.05) is 20.3 Å². The van der Waals surface area contributed by atoms with Crippen LogP contribution in [0.4, 0.5) is 4.79 Å². The third kappa shape index (κ3) is 5.65. The van der Waals surface area contributed by atoms with Gasteiger partial charge in [0.25, 0.3) is 0 Å². The Balaban J connectivity index is 1.31. The van der Waals surface area contributed by atoms with Crippen LogP contribution in [0.15, 0.2) is 48.5 Å². The Labute approximate surface area is 205 Å². The molecule has 186 valence electrons. The molecule has 2 atom stereocenters. The van der Waals surface area contributed by atoms with E-state index in [4.69, 9.17) is 14.6 Å². The molecule has 0 bridgehead atoms. The number of fused-ring (bicyclic) bond motifs is 3. The minimum atomic E-state index is -0.912. The number of carbonyl (C=O) groups excluding carboxylic acids is 2. The van der Waals surface area contributed by atoms with E-state index in [9.17, 15) is 14.4 Å². The monoisotopic (exact) mass is 480 g/mol. The van der Waals surface area contributed by atoms with E-state index in [0.29, 0.717) is 6.54 Å². The Morgan fingerprint density at radius 1 is 1.00 bits per heavy atom. The van der Waals surface area contributed by atoms with Crippen molar-refractivity contribution in [1.29, 1.82) is 0 Å². The Morgan fingerprint density at radius 3 is 2.17 bits per heavy atom. The maximum Gasteiger partial charge on any atom is 0.407 e. The SMILES string of the molecule is CO[C@H](C)[C@H](NC(=O)OCC1c2ccccc2-c2ccccc21)C(=O)NCC1CC(CC(=O)O)C1. The molecule has 2 amide bonds. The highest BCUT2D eigenvalue weighted by Crippen LogP contribution is 2.44. The smallest absolute Gasteiger partial charge is 0.407 e. The van der Waals surface area contributed by atoms with E-state index < -0.39 is 24.2 Å². The van der Waals surface area contributed by atoms with Crippen molar-refractivity contribution in [3.63, 3.8) is 0 Å². The van der Waals surface area contributed by atoms with Gasteiger partial charge >= 0.3 is 12.1 Å². The molecule has 8 nitrogen and oxygen atoms in total. The second-order valence-electron chi connectivity index (χ2n) is 9.43. The lowest BCUT2D eigenvalue weighted by Gasteiger charge is -2.35. The number of rotatable bonds is 10. The van der Waals surface area contributed by atoms with Crippen LogP contribution in [0.25, 0.3) is 11.1 Å². The summed E-state index contributed by atoms with van der Waals surface area (Å²) in [5.74, 6) is -0.802. The molecule has 2 aliphatic rings. The molecule has 8 heteroatoms. The van der Waals surface area contributed by atoms with Gasteiger partial charge in [-0.1, -0.05) is 48.5 Å². The maximum atomic E-state index is 12.8. The molecule has 3 N–H and O–H groups in total. The highest BCUT2D eigenvalue weighted by atomic mass is 16.5. The minimum Gasteiger partial charge on any atom is -0.481 e. The van der Waals surface area contributed by atoms with E-state index in [1.807, 2.05) is 36.4 Å². The fourth-order valence-electron chi connectivity index (χ4n) is 5.11. The highest BCUT2D eigenvalue weighted by Gasteiger charge is 2.34. The van der Waals surface area contributed by atoms with Gasteiger partial charge in [-0.25, -0.2) is 4.79 Å². The summed E-state index contributed by atoms with van der Waals surface area (Å²) in [5, 5.41) is 14.4. The van der Waals surface area contributed by atoms with Crippen LogP contribution in [0.2, 0.25) is 0 Å². The van der Waals surface area contributed by atoms with E-state index in [0.717, 1.165) is 35.1 Å². The summed E-state index contributed by atoms with van der Waals surface area (Å²) < 4.78 is 10.9. The van der Waals surface area contributed by atoms with Gasteiger partial charge in [-0.05, 0) is 53.9 Å². The summed E-state index contributed by atoms with van der Waals surface area (Å²) in [6, 6.07) is 15.3. The molecule has 2 aromatic carbocycles. The van der Waals surface area contributed by atoms with Crippen molar-refractivity contribution in [3.05, 3.63) is 59.7 Å². The number of aliphatic carboxylic acids is 1. The van der Waals surface area contributed by atoms with E-state index in [2.05, 4.69) is 22.8 Å². The molecule has 0 aliphatic heterocycles. The van der Waals surface area contributed by atoms with Gasteiger partial charge in [0.2, 0.25) is 5.91 Å². The first-order valence-electron chi connectivity index (χ1n) is 12.0. The van der Waals surface area contributed by atoms with E-state index in [-0.39, 0.29) is 36.7 Å². The van der Waals surface area contributed by atoms with Crippen LogP contribution in [0, 0.1) is 11.8 Å². The zero-order valence-corrected chi connectivity index (χ0v) is 20.0. The van der Waals surface area contributed by atoms with Crippen LogP contribution in [0.5, 0.6) is 0 Å². The lowest BCUT2D eigenvalue weighted by molar-refractivity contribution is -0.139. The van der Waals surface area contributed by atoms with Crippen LogP contribution in [0.1, 0.15) is 43.2 Å². The van der Waals surface area contributed by atoms with Gasteiger partial charge in [0.05, 0.1) is 6.10 Å².